The molecule has 0 spiro atoms. The van der Waals surface area contributed by atoms with Crippen LogP contribution in [0.1, 0.15) is 5.56 Å². The lowest BCUT2D eigenvalue weighted by Crippen LogP contribution is -2.06. The largest absolute Gasteiger partial charge is 0.454 e. The topological polar surface area (TPSA) is 80.5 Å². The summed E-state index contributed by atoms with van der Waals surface area (Å²) in [6.07, 6.45) is 0. The third kappa shape index (κ3) is 3.32. The molecular weight excluding hydrogens is 494 g/mol. The molecule has 0 unspecified atom stereocenters. The molecule has 0 amide bonds. The van der Waals surface area contributed by atoms with Crippen LogP contribution in [-0.2, 0) is 0 Å². The van der Waals surface area contributed by atoms with Crippen LogP contribution in [0.5, 0.6) is 0 Å². The number of furan rings is 1. The lowest BCUT2D eigenvalue weighted by atomic mass is 10.1. The second-order valence-electron chi connectivity index (χ2n) is 9.63. The maximum Gasteiger partial charge on any atom is 0.238 e. The zero-order valence-electron chi connectivity index (χ0n) is 21.1. The number of nitriles is 1. The molecule has 186 valence electrons. The molecule has 8 rings (SSSR count). The monoisotopic (exact) mass is 513 g/mol. The number of aromatic nitrogens is 4. The van der Waals surface area contributed by atoms with Crippen molar-refractivity contribution in [2.24, 2.45) is 0 Å². The molecule has 0 radical (unpaired) electrons. The molecular formula is C34H19N5O. The summed E-state index contributed by atoms with van der Waals surface area (Å²) in [6, 6.07) is 40.0. The highest BCUT2D eigenvalue weighted by molar-refractivity contribution is 6.21. The Morgan fingerprint density at radius 1 is 0.600 bits per heavy atom. The molecule has 0 fully saturated rings. The minimum absolute atomic E-state index is 0.477. The first-order valence-corrected chi connectivity index (χ1v) is 12.9. The molecule has 0 saturated carbocycles. The van der Waals surface area contributed by atoms with Gasteiger partial charge in [-0.25, -0.2) is 4.98 Å². The van der Waals surface area contributed by atoms with Gasteiger partial charge in [0, 0.05) is 32.7 Å². The first-order valence-electron chi connectivity index (χ1n) is 12.9. The Kier molecular flexibility index (Phi) is 4.78. The summed E-state index contributed by atoms with van der Waals surface area (Å²) in [4.78, 5) is 14.9. The molecule has 6 heteroatoms. The summed E-state index contributed by atoms with van der Waals surface area (Å²) in [5.41, 5.74) is 5.64. The first-order chi connectivity index (χ1) is 19.8. The lowest BCUT2D eigenvalue weighted by molar-refractivity contribution is 0.670. The third-order valence-corrected chi connectivity index (χ3v) is 7.28. The molecule has 0 saturated heterocycles. The van der Waals surface area contributed by atoms with Crippen LogP contribution in [0, 0.1) is 11.3 Å². The van der Waals surface area contributed by atoms with Gasteiger partial charge < -0.3 is 4.42 Å². The fraction of sp³-hybridized carbons (Fsp3) is 0. The summed E-state index contributed by atoms with van der Waals surface area (Å²) < 4.78 is 8.56. The number of hydrogen-bond acceptors (Lipinski definition) is 5. The quantitative estimate of drug-likeness (QED) is 0.239. The normalized spacial score (nSPS) is 11.5. The molecule has 40 heavy (non-hydrogen) atoms. The predicted octanol–water partition coefficient (Wildman–Crippen LogP) is 8.07. The third-order valence-electron chi connectivity index (χ3n) is 7.28. The van der Waals surface area contributed by atoms with Gasteiger partial charge in [-0.1, -0.05) is 84.9 Å². The highest BCUT2D eigenvalue weighted by Gasteiger charge is 2.21. The van der Waals surface area contributed by atoms with Gasteiger partial charge in [-0.2, -0.15) is 15.2 Å². The van der Waals surface area contributed by atoms with E-state index in [4.69, 9.17) is 19.4 Å². The van der Waals surface area contributed by atoms with E-state index in [1.54, 1.807) is 12.1 Å². The van der Waals surface area contributed by atoms with Crippen LogP contribution in [0.3, 0.4) is 0 Å². The first kappa shape index (κ1) is 22.2. The van der Waals surface area contributed by atoms with E-state index in [0.29, 0.717) is 23.2 Å². The second-order valence-corrected chi connectivity index (χ2v) is 9.63. The molecule has 6 nitrogen and oxygen atoms in total. The molecule has 0 bridgehead atoms. The van der Waals surface area contributed by atoms with Crippen LogP contribution in [0.15, 0.2) is 120 Å². The lowest BCUT2D eigenvalue weighted by Gasteiger charge is -2.11. The maximum absolute atomic E-state index is 9.53. The smallest absolute Gasteiger partial charge is 0.238 e. The van der Waals surface area contributed by atoms with Crippen molar-refractivity contribution in [2.45, 2.75) is 0 Å². The molecule has 3 heterocycles. The van der Waals surface area contributed by atoms with Gasteiger partial charge in [-0.05, 0) is 30.3 Å². The van der Waals surface area contributed by atoms with Crippen molar-refractivity contribution in [3.05, 3.63) is 121 Å². The minimum atomic E-state index is 0.477. The van der Waals surface area contributed by atoms with Gasteiger partial charge in [-0.3, -0.25) is 4.57 Å². The Balaban J connectivity index is 1.51. The Hall–Kier alpha value is -5.80. The standard InChI is InChI=1S/C34H19N5O/c35-20-21-9-8-12-23(19-21)33-36-32(22-10-2-1-3-11-22)37-34(38-33)39-28-15-6-4-13-24(28)26-17-18-27-25-14-5-7-16-29(25)40-31(27)30(26)39/h1-19H. The highest BCUT2D eigenvalue weighted by atomic mass is 16.3. The Labute approximate surface area is 228 Å². The average molecular weight is 514 g/mol. The van der Waals surface area contributed by atoms with Gasteiger partial charge in [0.1, 0.15) is 11.1 Å². The molecule has 5 aromatic carbocycles. The van der Waals surface area contributed by atoms with Gasteiger partial charge in [0.25, 0.3) is 0 Å². The molecule has 0 aliphatic heterocycles. The van der Waals surface area contributed by atoms with Crippen molar-refractivity contribution in [2.75, 3.05) is 0 Å². The van der Waals surface area contributed by atoms with Crippen molar-refractivity contribution in [3.63, 3.8) is 0 Å². The zero-order valence-corrected chi connectivity index (χ0v) is 21.1. The van der Waals surface area contributed by atoms with E-state index >= 15 is 0 Å². The van der Waals surface area contributed by atoms with Crippen LogP contribution in [0.25, 0.3) is 72.5 Å². The van der Waals surface area contributed by atoms with Crippen LogP contribution in [0.4, 0.5) is 0 Å². The Bertz CT molecular complexity index is 2290. The van der Waals surface area contributed by atoms with Gasteiger partial charge in [0.15, 0.2) is 17.2 Å². The van der Waals surface area contributed by atoms with Gasteiger partial charge in [-0.15, -0.1) is 0 Å². The van der Waals surface area contributed by atoms with E-state index in [1.165, 1.54) is 0 Å². The summed E-state index contributed by atoms with van der Waals surface area (Å²) in [6.45, 7) is 0. The molecule has 0 N–H and O–H groups in total. The number of para-hydroxylation sites is 2. The number of benzene rings is 5. The highest BCUT2D eigenvalue weighted by Crippen LogP contribution is 2.40. The summed E-state index contributed by atoms with van der Waals surface area (Å²) in [5.74, 6) is 1.51. The number of fused-ring (bicyclic) bond motifs is 7. The van der Waals surface area contributed by atoms with E-state index in [0.717, 1.165) is 54.9 Å². The molecule has 8 aromatic rings. The average Bonchev–Trinajstić information content (AvgIpc) is 3.57. The zero-order chi connectivity index (χ0) is 26.6. The van der Waals surface area contributed by atoms with Gasteiger partial charge in [0.2, 0.25) is 5.95 Å². The molecule has 0 aliphatic carbocycles. The number of hydrogen-bond donors (Lipinski definition) is 0. The number of nitrogens with zero attached hydrogens (tertiary/aromatic N) is 5. The second kappa shape index (κ2) is 8.62. The Morgan fingerprint density at radius 2 is 1.30 bits per heavy atom. The van der Waals surface area contributed by atoms with E-state index < -0.39 is 0 Å². The number of rotatable bonds is 3. The van der Waals surface area contributed by atoms with E-state index in [1.807, 2.05) is 72.8 Å². The molecule has 3 aromatic heterocycles. The van der Waals surface area contributed by atoms with Crippen molar-refractivity contribution >= 4 is 43.7 Å². The SMILES string of the molecule is N#Cc1cccc(-c2nc(-c3ccccc3)nc(-n3c4ccccc4c4ccc5c6ccccc6oc5c43)n2)c1. The Morgan fingerprint density at radius 3 is 2.15 bits per heavy atom. The van der Waals surface area contributed by atoms with Crippen LogP contribution in [0.2, 0.25) is 0 Å². The van der Waals surface area contributed by atoms with Crippen molar-refractivity contribution in [1.82, 2.24) is 19.5 Å². The molecule has 0 aliphatic rings. The van der Waals surface area contributed by atoms with Crippen LogP contribution >= 0.6 is 0 Å². The fourth-order valence-electron chi connectivity index (χ4n) is 5.48. The summed E-state index contributed by atoms with van der Waals surface area (Å²) >= 11 is 0. The van der Waals surface area contributed by atoms with Crippen LogP contribution < -0.4 is 0 Å². The predicted molar refractivity (Wildman–Crippen MR) is 157 cm³/mol. The van der Waals surface area contributed by atoms with E-state index in [-0.39, 0.29) is 0 Å². The van der Waals surface area contributed by atoms with Crippen LogP contribution in [-0.4, -0.2) is 19.5 Å². The summed E-state index contributed by atoms with van der Waals surface area (Å²) in [5, 5.41) is 13.8. The summed E-state index contributed by atoms with van der Waals surface area (Å²) in [7, 11) is 0. The van der Waals surface area contributed by atoms with Crippen molar-refractivity contribution in [1.29, 1.82) is 5.26 Å². The molecule has 0 atom stereocenters. The minimum Gasteiger partial charge on any atom is -0.454 e. The maximum atomic E-state index is 9.53. The van der Waals surface area contributed by atoms with Crippen molar-refractivity contribution < 1.29 is 4.42 Å². The van der Waals surface area contributed by atoms with Gasteiger partial charge >= 0.3 is 0 Å². The van der Waals surface area contributed by atoms with Crippen molar-refractivity contribution in [3.8, 4) is 34.8 Å². The van der Waals surface area contributed by atoms with Gasteiger partial charge in [0.05, 0.1) is 17.1 Å². The fourth-order valence-corrected chi connectivity index (χ4v) is 5.48. The van der Waals surface area contributed by atoms with E-state index in [2.05, 4.69) is 41.0 Å². The van der Waals surface area contributed by atoms with E-state index in [9.17, 15) is 5.26 Å².